The SMILES string of the molecule is COc1cc(/C=C2\SC(=O)N(CC(=O)Nc3ccc(N4CCOCC4)cc3)C2=O)ccc1OCC(=O)N1CCOCC1. The topological polar surface area (TPSA) is 127 Å². The smallest absolute Gasteiger partial charge is 0.294 e. The van der Waals surface area contributed by atoms with Crippen LogP contribution in [0.25, 0.3) is 6.08 Å². The van der Waals surface area contributed by atoms with Gasteiger partial charge in [0.1, 0.15) is 6.54 Å². The van der Waals surface area contributed by atoms with Crippen molar-refractivity contribution in [1.82, 2.24) is 9.80 Å². The van der Waals surface area contributed by atoms with Crippen LogP contribution in [0.1, 0.15) is 5.56 Å². The number of hydrogen-bond acceptors (Lipinski definition) is 10. The van der Waals surface area contributed by atoms with Gasteiger partial charge in [0.05, 0.1) is 38.4 Å². The lowest BCUT2D eigenvalue weighted by atomic mass is 10.2. The maximum Gasteiger partial charge on any atom is 0.294 e. The number of nitrogens with zero attached hydrogens (tertiary/aromatic N) is 3. The number of ether oxygens (including phenoxy) is 4. The minimum atomic E-state index is -0.557. The van der Waals surface area contributed by atoms with Crippen molar-refractivity contribution >= 4 is 52.2 Å². The molecule has 5 rings (SSSR count). The molecule has 0 aliphatic carbocycles. The highest BCUT2D eigenvalue weighted by atomic mass is 32.2. The molecule has 3 saturated heterocycles. The summed E-state index contributed by atoms with van der Waals surface area (Å²) in [7, 11) is 1.47. The standard InChI is InChI=1S/C29H32N4O8S/c1-38-24-16-20(2-7-23(24)41-19-27(35)32-10-14-40-15-11-32)17-25-28(36)33(29(37)42-25)18-26(34)30-21-3-5-22(6-4-21)31-8-12-39-13-9-31/h2-7,16-17H,8-15,18-19H2,1H3,(H,30,34)/b25-17-. The Kier molecular flexibility index (Phi) is 9.62. The van der Waals surface area contributed by atoms with E-state index in [1.807, 2.05) is 12.1 Å². The van der Waals surface area contributed by atoms with E-state index in [0.29, 0.717) is 62.3 Å². The Balaban J connectivity index is 1.17. The molecule has 3 aliphatic rings. The Hall–Kier alpha value is -4.07. The summed E-state index contributed by atoms with van der Waals surface area (Å²) in [4.78, 5) is 55.6. The molecule has 3 fully saturated rings. The number of thioether (sulfide) groups is 1. The highest BCUT2D eigenvalue weighted by Crippen LogP contribution is 2.34. The first-order valence-electron chi connectivity index (χ1n) is 13.6. The zero-order valence-electron chi connectivity index (χ0n) is 23.2. The minimum absolute atomic E-state index is 0.144. The Morgan fingerprint density at radius 1 is 0.952 bits per heavy atom. The van der Waals surface area contributed by atoms with Crippen molar-refractivity contribution in [2.24, 2.45) is 0 Å². The van der Waals surface area contributed by atoms with E-state index in [0.717, 1.165) is 35.4 Å². The number of methoxy groups -OCH3 is 1. The highest BCUT2D eigenvalue weighted by Gasteiger charge is 2.36. The lowest BCUT2D eigenvalue weighted by molar-refractivity contribution is -0.137. The monoisotopic (exact) mass is 596 g/mol. The van der Waals surface area contributed by atoms with Crippen molar-refractivity contribution in [2.45, 2.75) is 0 Å². The third-order valence-corrected chi connectivity index (χ3v) is 7.81. The number of amides is 4. The molecular formula is C29H32N4O8S. The van der Waals surface area contributed by atoms with Gasteiger partial charge in [0, 0.05) is 37.6 Å². The third-order valence-electron chi connectivity index (χ3n) is 6.90. The summed E-state index contributed by atoms with van der Waals surface area (Å²) in [6, 6.07) is 12.4. The first-order valence-corrected chi connectivity index (χ1v) is 14.4. The lowest BCUT2D eigenvalue weighted by Crippen LogP contribution is -2.43. The summed E-state index contributed by atoms with van der Waals surface area (Å²) >= 11 is 0.761. The predicted molar refractivity (Wildman–Crippen MR) is 157 cm³/mol. The summed E-state index contributed by atoms with van der Waals surface area (Å²) in [5.41, 5.74) is 2.19. The number of nitrogens with one attached hydrogen (secondary N) is 1. The average molecular weight is 597 g/mol. The zero-order valence-corrected chi connectivity index (χ0v) is 24.0. The molecule has 0 bridgehead atoms. The molecule has 12 nitrogen and oxygen atoms in total. The van der Waals surface area contributed by atoms with E-state index in [1.165, 1.54) is 7.11 Å². The molecule has 222 valence electrons. The fourth-order valence-corrected chi connectivity index (χ4v) is 5.48. The van der Waals surface area contributed by atoms with Crippen LogP contribution in [0.2, 0.25) is 0 Å². The normalized spacial score (nSPS) is 18.4. The molecule has 2 aromatic rings. The summed E-state index contributed by atoms with van der Waals surface area (Å²) in [6.07, 6.45) is 1.55. The highest BCUT2D eigenvalue weighted by molar-refractivity contribution is 8.18. The Morgan fingerprint density at radius 2 is 1.64 bits per heavy atom. The molecule has 1 N–H and O–H groups in total. The van der Waals surface area contributed by atoms with E-state index < -0.39 is 23.6 Å². The van der Waals surface area contributed by atoms with Gasteiger partial charge in [0.15, 0.2) is 18.1 Å². The lowest BCUT2D eigenvalue weighted by Gasteiger charge is -2.28. The molecule has 2 aromatic carbocycles. The van der Waals surface area contributed by atoms with Gasteiger partial charge in [0.2, 0.25) is 5.91 Å². The zero-order chi connectivity index (χ0) is 29.5. The fourth-order valence-electron chi connectivity index (χ4n) is 4.65. The molecule has 0 aromatic heterocycles. The number of hydrogen-bond donors (Lipinski definition) is 1. The van der Waals surface area contributed by atoms with Crippen LogP contribution in [0.15, 0.2) is 47.4 Å². The van der Waals surface area contributed by atoms with Crippen LogP contribution in [-0.4, -0.2) is 106 Å². The Morgan fingerprint density at radius 3 is 2.33 bits per heavy atom. The van der Waals surface area contributed by atoms with Crippen molar-refractivity contribution in [2.75, 3.05) is 83.1 Å². The maximum absolute atomic E-state index is 13.0. The van der Waals surface area contributed by atoms with Gasteiger partial charge < -0.3 is 34.1 Å². The van der Waals surface area contributed by atoms with Crippen molar-refractivity contribution in [3.8, 4) is 11.5 Å². The summed E-state index contributed by atoms with van der Waals surface area (Å²) < 4.78 is 21.8. The van der Waals surface area contributed by atoms with E-state index in [1.54, 1.807) is 41.3 Å². The molecule has 0 unspecified atom stereocenters. The van der Waals surface area contributed by atoms with Gasteiger partial charge in [-0.05, 0) is 59.8 Å². The van der Waals surface area contributed by atoms with Gasteiger partial charge in [-0.2, -0.15) is 0 Å². The minimum Gasteiger partial charge on any atom is -0.493 e. The van der Waals surface area contributed by atoms with Gasteiger partial charge in [0.25, 0.3) is 17.1 Å². The van der Waals surface area contributed by atoms with Crippen molar-refractivity contribution in [3.05, 3.63) is 52.9 Å². The van der Waals surface area contributed by atoms with Crippen LogP contribution < -0.4 is 19.7 Å². The number of carbonyl (C=O) groups is 4. The molecule has 0 saturated carbocycles. The molecule has 4 amide bonds. The second-order valence-electron chi connectivity index (χ2n) is 9.65. The van der Waals surface area contributed by atoms with Crippen LogP contribution in [0.3, 0.4) is 0 Å². The summed E-state index contributed by atoms with van der Waals surface area (Å²) in [6.45, 7) is 4.47. The first-order chi connectivity index (χ1) is 20.4. The van der Waals surface area contributed by atoms with Crippen LogP contribution in [0, 0.1) is 0 Å². The van der Waals surface area contributed by atoms with E-state index >= 15 is 0 Å². The van der Waals surface area contributed by atoms with Gasteiger partial charge >= 0.3 is 0 Å². The molecule has 3 aliphatic heterocycles. The van der Waals surface area contributed by atoms with Crippen molar-refractivity contribution in [1.29, 1.82) is 0 Å². The van der Waals surface area contributed by atoms with Gasteiger partial charge in [-0.3, -0.25) is 24.1 Å². The summed E-state index contributed by atoms with van der Waals surface area (Å²) in [5.74, 6) is -0.436. The number of benzene rings is 2. The van der Waals surface area contributed by atoms with Gasteiger partial charge in [-0.25, -0.2) is 0 Å². The second-order valence-corrected chi connectivity index (χ2v) is 10.6. The number of imide groups is 1. The van der Waals surface area contributed by atoms with Crippen molar-refractivity contribution in [3.63, 3.8) is 0 Å². The molecular weight excluding hydrogens is 564 g/mol. The van der Waals surface area contributed by atoms with Crippen LogP contribution in [0.5, 0.6) is 11.5 Å². The number of anilines is 2. The number of morpholine rings is 2. The fraction of sp³-hybridized carbons (Fsp3) is 0.379. The average Bonchev–Trinajstić information content (AvgIpc) is 3.28. The molecule has 0 atom stereocenters. The molecule has 0 spiro atoms. The van der Waals surface area contributed by atoms with E-state index in [4.69, 9.17) is 18.9 Å². The number of carbonyl (C=O) groups excluding carboxylic acids is 4. The summed E-state index contributed by atoms with van der Waals surface area (Å²) in [5, 5.41) is 2.22. The Bertz CT molecular complexity index is 1350. The van der Waals surface area contributed by atoms with Crippen LogP contribution in [-0.2, 0) is 23.9 Å². The van der Waals surface area contributed by atoms with Crippen LogP contribution >= 0.6 is 11.8 Å². The van der Waals surface area contributed by atoms with E-state index in [9.17, 15) is 19.2 Å². The predicted octanol–water partition coefficient (Wildman–Crippen LogP) is 2.44. The molecule has 13 heteroatoms. The molecule has 0 radical (unpaired) electrons. The number of rotatable bonds is 9. The third kappa shape index (κ3) is 7.22. The van der Waals surface area contributed by atoms with Crippen molar-refractivity contribution < 1.29 is 38.1 Å². The Labute approximate surface area is 247 Å². The van der Waals surface area contributed by atoms with E-state index in [-0.39, 0.29) is 17.4 Å². The molecule has 3 heterocycles. The van der Waals surface area contributed by atoms with Crippen LogP contribution in [0.4, 0.5) is 16.2 Å². The second kappa shape index (κ2) is 13.7. The maximum atomic E-state index is 13.0. The largest absolute Gasteiger partial charge is 0.493 e. The quantitative estimate of drug-likeness (QED) is 0.432. The first kappa shape index (κ1) is 29.4. The van der Waals surface area contributed by atoms with E-state index in [2.05, 4.69) is 10.2 Å². The molecule has 42 heavy (non-hydrogen) atoms. The van der Waals surface area contributed by atoms with Gasteiger partial charge in [-0.15, -0.1) is 0 Å². The van der Waals surface area contributed by atoms with Gasteiger partial charge in [-0.1, -0.05) is 6.07 Å².